The monoisotopic (exact) mass is 877 g/mol. The Morgan fingerprint density at radius 3 is 1.42 bits per heavy atom. The zero-order chi connectivity index (χ0) is 44.1. The van der Waals surface area contributed by atoms with Crippen LogP contribution in [-0.2, 0) is 38.7 Å². The third-order valence-corrected chi connectivity index (χ3v) is 12.1. The average Bonchev–Trinajstić information content (AvgIpc) is 3.21. The van der Waals surface area contributed by atoms with Crippen LogP contribution in [0.4, 0.5) is 0 Å². The van der Waals surface area contributed by atoms with Gasteiger partial charge in [0.2, 0.25) is 0 Å². The molecule has 1 heterocycles. The predicted molar refractivity (Wildman–Crippen MR) is 238 cm³/mol. The molecule has 0 radical (unpaired) electrons. The van der Waals surface area contributed by atoms with Gasteiger partial charge in [-0.05, 0) is 38.5 Å². The van der Waals surface area contributed by atoms with Crippen molar-refractivity contribution >= 4 is 22.1 Å². The molecule has 0 bridgehead atoms. The van der Waals surface area contributed by atoms with Crippen molar-refractivity contribution in [2.45, 2.75) is 256 Å². The maximum Gasteiger partial charge on any atom is 0.306 e. The molecule has 12 nitrogen and oxygen atoms in total. The minimum absolute atomic E-state index is 0.158. The van der Waals surface area contributed by atoms with Crippen molar-refractivity contribution in [2.75, 3.05) is 19.0 Å². The van der Waals surface area contributed by atoms with Crippen molar-refractivity contribution in [2.24, 2.45) is 0 Å². The first-order valence-corrected chi connectivity index (χ1v) is 25.9. The highest BCUT2D eigenvalue weighted by molar-refractivity contribution is 7.85. The fourth-order valence-corrected chi connectivity index (χ4v) is 8.25. The summed E-state index contributed by atoms with van der Waals surface area (Å²) in [6, 6.07) is 0. The largest absolute Gasteiger partial charge is 0.462 e. The van der Waals surface area contributed by atoms with Gasteiger partial charge in [-0.2, -0.15) is 8.42 Å². The molecule has 1 aliphatic heterocycles. The van der Waals surface area contributed by atoms with E-state index >= 15 is 0 Å². The molecule has 354 valence electrons. The highest BCUT2D eigenvalue weighted by Crippen LogP contribution is 2.24. The van der Waals surface area contributed by atoms with Crippen molar-refractivity contribution in [1.82, 2.24) is 0 Å². The molecule has 4 N–H and O–H groups in total. The number of aliphatic hydroxyl groups is 3. The van der Waals surface area contributed by atoms with E-state index in [1.165, 1.54) is 122 Å². The summed E-state index contributed by atoms with van der Waals surface area (Å²) >= 11 is 0. The zero-order valence-electron chi connectivity index (χ0n) is 37.8. The van der Waals surface area contributed by atoms with E-state index in [2.05, 4.69) is 26.0 Å². The molecule has 0 aliphatic carbocycles. The van der Waals surface area contributed by atoms with Crippen LogP contribution in [-0.4, -0.2) is 96.0 Å². The van der Waals surface area contributed by atoms with E-state index in [1.54, 1.807) is 0 Å². The fourth-order valence-electron chi connectivity index (χ4n) is 7.56. The van der Waals surface area contributed by atoms with Crippen LogP contribution in [0.3, 0.4) is 0 Å². The Kier molecular flexibility index (Phi) is 35.6. The highest BCUT2D eigenvalue weighted by Gasteiger charge is 2.46. The molecule has 60 heavy (non-hydrogen) atoms. The van der Waals surface area contributed by atoms with Crippen molar-refractivity contribution in [1.29, 1.82) is 0 Å². The summed E-state index contributed by atoms with van der Waals surface area (Å²) in [5, 5.41) is 30.9. The second kappa shape index (κ2) is 37.9. The lowest BCUT2D eigenvalue weighted by molar-refractivity contribution is -0.297. The number of hydrogen-bond donors (Lipinski definition) is 4. The second-order valence-electron chi connectivity index (χ2n) is 17.1. The Bertz CT molecular complexity index is 1170. The lowest BCUT2D eigenvalue weighted by Gasteiger charge is -2.40. The lowest BCUT2D eigenvalue weighted by atomic mass is 10.00. The Morgan fingerprint density at radius 1 is 0.550 bits per heavy atom. The van der Waals surface area contributed by atoms with Gasteiger partial charge in [0.05, 0.1) is 6.61 Å². The lowest BCUT2D eigenvalue weighted by Crippen LogP contribution is -2.60. The Morgan fingerprint density at radius 2 is 0.950 bits per heavy atom. The summed E-state index contributed by atoms with van der Waals surface area (Å²) in [5.74, 6) is -1.98. The number of carbonyl (C=O) groups is 2. The van der Waals surface area contributed by atoms with E-state index < -0.39 is 71.2 Å². The quantitative estimate of drug-likeness (QED) is 0.0197. The molecular formula is C47H88O12S. The van der Waals surface area contributed by atoms with Crippen molar-refractivity contribution in [3.05, 3.63) is 12.2 Å². The first kappa shape index (κ1) is 56.4. The minimum atomic E-state index is -4.60. The van der Waals surface area contributed by atoms with Crippen LogP contribution in [0.5, 0.6) is 0 Å². The summed E-state index contributed by atoms with van der Waals surface area (Å²) in [6.07, 6.45) is 31.2. The molecule has 1 fully saturated rings. The van der Waals surface area contributed by atoms with E-state index in [1.807, 2.05) is 0 Å². The second-order valence-corrected chi connectivity index (χ2v) is 18.6. The van der Waals surface area contributed by atoms with Gasteiger partial charge >= 0.3 is 11.9 Å². The molecule has 0 saturated carbocycles. The first-order valence-electron chi connectivity index (χ1n) is 24.2. The number of aliphatic hydroxyl groups excluding tert-OH is 3. The van der Waals surface area contributed by atoms with Crippen LogP contribution in [0.25, 0.3) is 0 Å². The maximum absolute atomic E-state index is 12.8. The summed E-state index contributed by atoms with van der Waals surface area (Å²) in [4.78, 5) is 25.4. The van der Waals surface area contributed by atoms with Gasteiger partial charge in [-0.3, -0.25) is 14.1 Å². The summed E-state index contributed by atoms with van der Waals surface area (Å²) in [7, 11) is -4.60. The van der Waals surface area contributed by atoms with Gasteiger partial charge in [-0.25, -0.2) is 0 Å². The number of hydrogen-bond acceptors (Lipinski definition) is 11. The Balaban J connectivity index is 2.36. The van der Waals surface area contributed by atoms with E-state index in [-0.39, 0.29) is 19.4 Å². The molecule has 1 aliphatic rings. The van der Waals surface area contributed by atoms with Gasteiger partial charge in [0.15, 0.2) is 12.4 Å². The standard InChI is InChI=1S/C47H88O12S/c1-3-5-7-9-11-13-15-17-18-19-20-21-22-23-24-26-27-29-31-33-35-42(48)56-37-40(38-57-47-46(52)45(51)44(50)41(59-47)39-60(53,54)55)58-43(49)36-34-32-30-28-25-16-14-12-10-8-6-4-2/h12,14,40-41,44-47,50-52H,3-11,13,15-39H2,1-2H3,(H,53,54,55)/b14-12+/t40-,41-,44-,45?,46?,47+/m1/s1. The molecule has 0 aromatic rings. The molecule has 6 atom stereocenters. The highest BCUT2D eigenvalue weighted by atomic mass is 32.2. The van der Waals surface area contributed by atoms with Gasteiger partial charge in [-0.15, -0.1) is 0 Å². The third kappa shape index (κ3) is 32.1. The zero-order valence-corrected chi connectivity index (χ0v) is 38.6. The number of ether oxygens (including phenoxy) is 4. The maximum atomic E-state index is 12.8. The number of esters is 2. The van der Waals surface area contributed by atoms with Gasteiger partial charge in [0.1, 0.15) is 36.8 Å². The van der Waals surface area contributed by atoms with Crippen LogP contribution in [0.1, 0.15) is 219 Å². The van der Waals surface area contributed by atoms with Crippen LogP contribution in [0, 0.1) is 0 Å². The van der Waals surface area contributed by atoms with Crippen molar-refractivity contribution < 1.29 is 56.8 Å². The SMILES string of the molecule is CCCCC/C=C/CCCCCCCC(=O)O[C@H](COC(=O)CCCCCCCCCCCCCCCCCCCCCC)CO[C@H]1O[C@H](CS(=O)(=O)O)[C@@H](O)C(O)C1O. The predicted octanol–water partition coefficient (Wildman–Crippen LogP) is 10.2. The first-order chi connectivity index (χ1) is 29.0. The number of unbranched alkanes of at least 4 members (excludes halogenated alkanes) is 27. The minimum Gasteiger partial charge on any atom is -0.462 e. The number of allylic oxidation sites excluding steroid dienone is 2. The molecular weight excluding hydrogens is 789 g/mol. The topological polar surface area (TPSA) is 186 Å². The summed E-state index contributed by atoms with van der Waals surface area (Å²) in [6.45, 7) is 3.75. The number of rotatable bonds is 41. The van der Waals surface area contributed by atoms with Crippen LogP contribution in [0.2, 0.25) is 0 Å². The van der Waals surface area contributed by atoms with Gasteiger partial charge in [0, 0.05) is 12.8 Å². The van der Waals surface area contributed by atoms with Gasteiger partial charge in [-0.1, -0.05) is 180 Å². The Hall–Kier alpha value is -1.61. The fraction of sp³-hybridized carbons (Fsp3) is 0.915. The molecule has 2 unspecified atom stereocenters. The van der Waals surface area contributed by atoms with Crippen LogP contribution >= 0.6 is 0 Å². The summed E-state index contributed by atoms with van der Waals surface area (Å²) in [5.41, 5.74) is 0. The smallest absolute Gasteiger partial charge is 0.306 e. The third-order valence-electron chi connectivity index (χ3n) is 11.3. The molecule has 0 amide bonds. The van der Waals surface area contributed by atoms with Gasteiger partial charge in [0.25, 0.3) is 10.1 Å². The van der Waals surface area contributed by atoms with Gasteiger partial charge < -0.3 is 34.3 Å². The Labute approximate surface area is 365 Å². The van der Waals surface area contributed by atoms with Crippen molar-refractivity contribution in [3.63, 3.8) is 0 Å². The van der Waals surface area contributed by atoms with Crippen LogP contribution in [0.15, 0.2) is 12.2 Å². The van der Waals surface area contributed by atoms with E-state index in [0.717, 1.165) is 57.8 Å². The van der Waals surface area contributed by atoms with Crippen molar-refractivity contribution in [3.8, 4) is 0 Å². The molecule has 13 heteroatoms. The molecule has 0 spiro atoms. The van der Waals surface area contributed by atoms with E-state index in [0.29, 0.717) is 12.8 Å². The summed E-state index contributed by atoms with van der Waals surface area (Å²) < 4.78 is 54.1. The average molecular weight is 877 g/mol. The normalized spacial score (nSPS) is 20.1. The van der Waals surface area contributed by atoms with E-state index in [9.17, 15) is 37.9 Å². The molecule has 1 rings (SSSR count). The number of carbonyl (C=O) groups excluding carboxylic acids is 2. The molecule has 1 saturated heterocycles. The molecule has 0 aromatic carbocycles. The van der Waals surface area contributed by atoms with E-state index in [4.69, 9.17) is 18.9 Å². The molecule has 0 aromatic heterocycles. The van der Waals surface area contributed by atoms with Crippen LogP contribution < -0.4 is 0 Å².